The summed E-state index contributed by atoms with van der Waals surface area (Å²) in [4.78, 5) is 0. The second kappa shape index (κ2) is 4.51. The van der Waals surface area contributed by atoms with E-state index in [1.165, 1.54) is 44.1 Å². The SMILES string of the molecule is CC(C)(C)n1c2ccccc2c2ccc3c(c21)-c1ccccc1C3. The van der Waals surface area contributed by atoms with Gasteiger partial charge in [0.25, 0.3) is 0 Å². The fourth-order valence-electron chi connectivity index (χ4n) is 4.37. The average molecular weight is 311 g/mol. The Morgan fingerprint density at radius 2 is 1.50 bits per heavy atom. The maximum absolute atomic E-state index is 2.54. The first-order valence-electron chi connectivity index (χ1n) is 8.69. The zero-order valence-electron chi connectivity index (χ0n) is 14.4. The summed E-state index contributed by atoms with van der Waals surface area (Å²) in [7, 11) is 0. The molecule has 1 nitrogen and oxygen atoms in total. The monoisotopic (exact) mass is 311 g/mol. The van der Waals surface area contributed by atoms with E-state index >= 15 is 0 Å². The van der Waals surface area contributed by atoms with Crippen LogP contribution in [0.1, 0.15) is 31.9 Å². The van der Waals surface area contributed by atoms with Crippen LogP contribution in [0.25, 0.3) is 32.9 Å². The molecule has 1 aliphatic rings. The molecule has 0 spiro atoms. The van der Waals surface area contributed by atoms with Gasteiger partial charge in [-0.1, -0.05) is 54.6 Å². The van der Waals surface area contributed by atoms with Crippen molar-refractivity contribution in [2.45, 2.75) is 32.7 Å². The molecule has 0 amide bonds. The molecule has 1 heteroatoms. The van der Waals surface area contributed by atoms with Crippen LogP contribution in [-0.4, -0.2) is 4.57 Å². The van der Waals surface area contributed by atoms with Crippen LogP contribution >= 0.6 is 0 Å². The second-order valence-corrected chi connectivity index (χ2v) is 7.85. The van der Waals surface area contributed by atoms with Crippen LogP contribution in [0, 0.1) is 0 Å². The Hall–Kier alpha value is -2.54. The number of hydrogen-bond donors (Lipinski definition) is 0. The molecule has 3 aromatic carbocycles. The molecular weight excluding hydrogens is 290 g/mol. The predicted octanol–water partition coefficient (Wildman–Crippen LogP) is 6.12. The Kier molecular flexibility index (Phi) is 2.60. The van der Waals surface area contributed by atoms with Crippen LogP contribution in [0.15, 0.2) is 60.7 Å². The Bertz CT molecular complexity index is 1110. The summed E-state index contributed by atoms with van der Waals surface area (Å²) in [6.45, 7) is 6.91. The number of hydrogen-bond acceptors (Lipinski definition) is 0. The minimum absolute atomic E-state index is 0.0357. The number of fused-ring (bicyclic) bond motifs is 7. The smallest absolute Gasteiger partial charge is 0.0579 e. The van der Waals surface area contributed by atoms with E-state index in [1.54, 1.807) is 0 Å². The van der Waals surface area contributed by atoms with Gasteiger partial charge in [-0.15, -0.1) is 0 Å². The zero-order valence-corrected chi connectivity index (χ0v) is 14.4. The van der Waals surface area contributed by atoms with Crippen molar-refractivity contribution in [2.75, 3.05) is 0 Å². The Morgan fingerprint density at radius 3 is 2.33 bits per heavy atom. The molecule has 0 atom stereocenters. The van der Waals surface area contributed by atoms with Crippen molar-refractivity contribution in [3.63, 3.8) is 0 Å². The molecule has 0 saturated heterocycles. The van der Waals surface area contributed by atoms with Gasteiger partial charge in [0.2, 0.25) is 0 Å². The van der Waals surface area contributed by atoms with Crippen LogP contribution < -0.4 is 0 Å². The first-order valence-corrected chi connectivity index (χ1v) is 8.69. The van der Waals surface area contributed by atoms with Gasteiger partial charge in [-0.05, 0) is 49.9 Å². The van der Waals surface area contributed by atoms with E-state index in [0.717, 1.165) is 6.42 Å². The Balaban J connectivity index is 2.05. The molecule has 1 aliphatic carbocycles. The molecule has 118 valence electrons. The van der Waals surface area contributed by atoms with Gasteiger partial charge in [-0.3, -0.25) is 0 Å². The minimum Gasteiger partial charge on any atom is -0.335 e. The molecule has 1 heterocycles. The third kappa shape index (κ3) is 1.70. The van der Waals surface area contributed by atoms with Gasteiger partial charge in [0, 0.05) is 27.4 Å². The van der Waals surface area contributed by atoms with Gasteiger partial charge in [0.1, 0.15) is 0 Å². The third-order valence-electron chi connectivity index (χ3n) is 5.26. The standard InChI is InChI=1S/C23H21N/c1-23(2,3)24-20-11-7-6-10-18(20)19-13-12-16-14-15-8-4-5-9-17(15)21(16)22(19)24/h4-13H,14H2,1-3H3. The summed E-state index contributed by atoms with van der Waals surface area (Å²) >= 11 is 0. The van der Waals surface area contributed by atoms with Crippen LogP contribution in [0.4, 0.5) is 0 Å². The van der Waals surface area contributed by atoms with E-state index in [0.29, 0.717) is 0 Å². The number of benzene rings is 3. The van der Waals surface area contributed by atoms with Gasteiger partial charge >= 0.3 is 0 Å². The highest BCUT2D eigenvalue weighted by atomic mass is 15.0. The summed E-state index contributed by atoms with van der Waals surface area (Å²) in [6.07, 6.45) is 1.05. The molecule has 24 heavy (non-hydrogen) atoms. The lowest BCUT2D eigenvalue weighted by molar-refractivity contribution is 0.423. The van der Waals surface area contributed by atoms with Crippen molar-refractivity contribution in [1.29, 1.82) is 0 Å². The average Bonchev–Trinajstić information content (AvgIpc) is 3.09. The van der Waals surface area contributed by atoms with Crippen molar-refractivity contribution < 1.29 is 0 Å². The summed E-state index contributed by atoms with van der Waals surface area (Å²) in [5.74, 6) is 0. The molecule has 0 saturated carbocycles. The fourth-order valence-corrected chi connectivity index (χ4v) is 4.37. The maximum Gasteiger partial charge on any atom is 0.0579 e. The number of aromatic nitrogens is 1. The summed E-state index contributed by atoms with van der Waals surface area (Å²) in [5, 5.41) is 2.73. The Labute approximate surface area is 142 Å². The minimum atomic E-state index is 0.0357. The summed E-state index contributed by atoms with van der Waals surface area (Å²) < 4.78 is 2.54. The van der Waals surface area contributed by atoms with E-state index in [4.69, 9.17) is 0 Å². The molecular formula is C23H21N. The molecule has 5 rings (SSSR count). The maximum atomic E-state index is 2.54. The lowest BCUT2D eigenvalue weighted by Gasteiger charge is -2.25. The van der Waals surface area contributed by atoms with Crippen molar-refractivity contribution in [2.24, 2.45) is 0 Å². The van der Waals surface area contributed by atoms with Crippen molar-refractivity contribution in [3.05, 3.63) is 71.8 Å². The lowest BCUT2D eigenvalue weighted by atomic mass is 10.0. The summed E-state index contributed by atoms with van der Waals surface area (Å²) in [5.41, 5.74) is 8.51. The van der Waals surface area contributed by atoms with E-state index in [-0.39, 0.29) is 5.54 Å². The lowest BCUT2D eigenvalue weighted by Crippen LogP contribution is -2.21. The number of rotatable bonds is 0. The third-order valence-corrected chi connectivity index (χ3v) is 5.26. The van der Waals surface area contributed by atoms with Gasteiger partial charge in [0.05, 0.1) is 5.52 Å². The normalized spacial score (nSPS) is 13.5. The largest absolute Gasteiger partial charge is 0.335 e. The quantitative estimate of drug-likeness (QED) is 0.324. The molecule has 0 unspecified atom stereocenters. The highest BCUT2D eigenvalue weighted by Gasteiger charge is 2.27. The fraction of sp³-hybridized carbons (Fsp3) is 0.217. The summed E-state index contributed by atoms with van der Waals surface area (Å²) in [6, 6.07) is 22.3. The van der Waals surface area contributed by atoms with E-state index in [1.807, 2.05) is 0 Å². The van der Waals surface area contributed by atoms with Crippen LogP contribution in [0.3, 0.4) is 0 Å². The molecule has 4 aromatic rings. The first-order chi connectivity index (χ1) is 11.6. The molecule has 0 radical (unpaired) electrons. The van der Waals surface area contributed by atoms with E-state index in [9.17, 15) is 0 Å². The van der Waals surface area contributed by atoms with Crippen LogP contribution in [0.2, 0.25) is 0 Å². The zero-order chi connectivity index (χ0) is 16.5. The first kappa shape index (κ1) is 13.9. The van der Waals surface area contributed by atoms with Crippen LogP contribution in [0.5, 0.6) is 0 Å². The van der Waals surface area contributed by atoms with Gasteiger partial charge in [0.15, 0.2) is 0 Å². The van der Waals surface area contributed by atoms with Gasteiger partial charge in [-0.2, -0.15) is 0 Å². The molecule has 1 aromatic heterocycles. The highest BCUT2D eigenvalue weighted by Crippen LogP contribution is 2.45. The van der Waals surface area contributed by atoms with E-state index in [2.05, 4.69) is 86.0 Å². The molecule has 0 N–H and O–H groups in total. The van der Waals surface area contributed by atoms with Crippen LogP contribution in [-0.2, 0) is 12.0 Å². The molecule has 0 aliphatic heterocycles. The molecule has 0 fully saturated rings. The second-order valence-electron chi connectivity index (χ2n) is 7.85. The predicted molar refractivity (Wildman–Crippen MR) is 103 cm³/mol. The number of para-hydroxylation sites is 1. The molecule has 0 bridgehead atoms. The van der Waals surface area contributed by atoms with Crippen molar-refractivity contribution in [3.8, 4) is 11.1 Å². The highest BCUT2D eigenvalue weighted by molar-refractivity contribution is 6.14. The Morgan fingerprint density at radius 1 is 0.750 bits per heavy atom. The van der Waals surface area contributed by atoms with E-state index < -0.39 is 0 Å². The topological polar surface area (TPSA) is 4.93 Å². The van der Waals surface area contributed by atoms with Crippen molar-refractivity contribution >= 4 is 21.8 Å². The van der Waals surface area contributed by atoms with Crippen molar-refractivity contribution in [1.82, 2.24) is 4.57 Å². The van der Waals surface area contributed by atoms with Gasteiger partial charge in [-0.25, -0.2) is 0 Å². The number of nitrogens with zero attached hydrogens (tertiary/aromatic N) is 1. The van der Waals surface area contributed by atoms with Gasteiger partial charge < -0.3 is 4.57 Å².